The second-order valence-electron chi connectivity index (χ2n) is 4.44. The SMILES string of the molecule is O=C1NC(=O)[C@H](N2Cc3ccccc3C2=O)C(O)N1. The van der Waals surface area contributed by atoms with E-state index in [2.05, 4.69) is 5.32 Å². The highest BCUT2D eigenvalue weighted by atomic mass is 16.3. The molecule has 98 valence electrons. The van der Waals surface area contributed by atoms with E-state index in [0.717, 1.165) is 5.56 Å². The molecule has 3 N–H and O–H groups in total. The van der Waals surface area contributed by atoms with Crippen LogP contribution < -0.4 is 10.6 Å². The number of aliphatic hydroxyl groups excluding tert-OH is 1. The lowest BCUT2D eigenvalue weighted by atomic mass is 10.1. The monoisotopic (exact) mass is 261 g/mol. The van der Waals surface area contributed by atoms with Crippen LogP contribution in [-0.2, 0) is 11.3 Å². The van der Waals surface area contributed by atoms with Crippen molar-refractivity contribution >= 4 is 17.8 Å². The zero-order valence-corrected chi connectivity index (χ0v) is 9.79. The summed E-state index contributed by atoms with van der Waals surface area (Å²) in [6.07, 6.45) is -1.40. The quantitative estimate of drug-likeness (QED) is 0.614. The molecule has 1 saturated heterocycles. The zero-order valence-electron chi connectivity index (χ0n) is 9.79. The average Bonchev–Trinajstić information content (AvgIpc) is 2.66. The standard InChI is InChI=1S/C12H11N3O4/c16-9-8(10(17)14-12(19)13-9)15-5-6-3-1-2-4-7(6)11(15)18/h1-4,8-9,16H,5H2,(H2,13,14,17,19)/t8-,9?/m1/s1. The third kappa shape index (κ3) is 1.75. The second-order valence-corrected chi connectivity index (χ2v) is 4.44. The molecular weight excluding hydrogens is 250 g/mol. The van der Waals surface area contributed by atoms with Crippen molar-refractivity contribution < 1.29 is 19.5 Å². The van der Waals surface area contributed by atoms with Gasteiger partial charge in [-0.15, -0.1) is 0 Å². The van der Waals surface area contributed by atoms with Gasteiger partial charge in [-0.25, -0.2) is 4.79 Å². The average molecular weight is 261 g/mol. The summed E-state index contributed by atoms with van der Waals surface area (Å²) in [4.78, 5) is 36.3. The van der Waals surface area contributed by atoms with Gasteiger partial charge in [0.25, 0.3) is 11.8 Å². The Bertz CT molecular complexity index is 586. The number of imide groups is 1. The second kappa shape index (κ2) is 4.06. The summed E-state index contributed by atoms with van der Waals surface area (Å²) in [5.41, 5.74) is 1.31. The number of carbonyl (C=O) groups is 3. The summed E-state index contributed by atoms with van der Waals surface area (Å²) in [7, 11) is 0. The van der Waals surface area contributed by atoms with Gasteiger partial charge in [-0.1, -0.05) is 18.2 Å². The number of urea groups is 1. The number of nitrogens with one attached hydrogen (secondary N) is 2. The van der Waals surface area contributed by atoms with Crippen molar-refractivity contribution in [1.29, 1.82) is 0 Å². The van der Waals surface area contributed by atoms with E-state index in [1.807, 2.05) is 5.32 Å². The van der Waals surface area contributed by atoms with Crippen molar-refractivity contribution in [1.82, 2.24) is 15.5 Å². The normalized spacial score (nSPS) is 25.9. The maximum atomic E-state index is 12.2. The van der Waals surface area contributed by atoms with Crippen molar-refractivity contribution in [3.63, 3.8) is 0 Å². The molecule has 2 aliphatic rings. The van der Waals surface area contributed by atoms with Gasteiger partial charge in [0.05, 0.1) is 0 Å². The highest BCUT2D eigenvalue weighted by molar-refractivity contribution is 6.05. The Morgan fingerprint density at radius 1 is 1.21 bits per heavy atom. The largest absolute Gasteiger partial charge is 0.371 e. The lowest BCUT2D eigenvalue weighted by molar-refractivity contribution is -0.131. The minimum atomic E-state index is -1.40. The number of hydrogen-bond donors (Lipinski definition) is 3. The minimum Gasteiger partial charge on any atom is -0.371 e. The van der Waals surface area contributed by atoms with Crippen molar-refractivity contribution in [2.75, 3.05) is 0 Å². The molecule has 0 aromatic heterocycles. The molecule has 7 nitrogen and oxygen atoms in total. The molecule has 0 saturated carbocycles. The molecule has 3 rings (SSSR count). The number of fused-ring (bicyclic) bond motifs is 1. The molecule has 1 aromatic rings. The first-order valence-electron chi connectivity index (χ1n) is 5.76. The van der Waals surface area contributed by atoms with E-state index < -0.39 is 24.2 Å². The van der Waals surface area contributed by atoms with Crippen LogP contribution >= 0.6 is 0 Å². The molecule has 0 bridgehead atoms. The van der Waals surface area contributed by atoms with Gasteiger partial charge >= 0.3 is 6.03 Å². The van der Waals surface area contributed by atoms with Gasteiger partial charge in [-0.05, 0) is 11.6 Å². The van der Waals surface area contributed by atoms with E-state index in [4.69, 9.17) is 0 Å². The van der Waals surface area contributed by atoms with Gasteiger partial charge in [0.1, 0.15) is 0 Å². The maximum absolute atomic E-state index is 12.2. The number of rotatable bonds is 1. The number of aliphatic hydroxyl groups is 1. The van der Waals surface area contributed by atoms with E-state index in [9.17, 15) is 19.5 Å². The van der Waals surface area contributed by atoms with Gasteiger partial charge < -0.3 is 15.3 Å². The van der Waals surface area contributed by atoms with Crippen molar-refractivity contribution in [3.8, 4) is 0 Å². The number of nitrogens with zero attached hydrogens (tertiary/aromatic N) is 1. The van der Waals surface area contributed by atoms with Gasteiger partial charge in [-0.2, -0.15) is 0 Å². The summed E-state index contributed by atoms with van der Waals surface area (Å²) in [5.74, 6) is -1.01. The number of benzene rings is 1. The summed E-state index contributed by atoms with van der Waals surface area (Å²) < 4.78 is 0. The van der Waals surface area contributed by atoms with E-state index in [0.29, 0.717) is 5.56 Å². The molecule has 1 unspecified atom stereocenters. The van der Waals surface area contributed by atoms with Crippen LogP contribution in [0.25, 0.3) is 0 Å². The Kier molecular flexibility index (Phi) is 2.49. The van der Waals surface area contributed by atoms with Crippen molar-refractivity contribution in [2.45, 2.75) is 18.8 Å². The summed E-state index contributed by atoms with van der Waals surface area (Å²) in [6.45, 7) is 0.236. The highest BCUT2D eigenvalue weighted by Gasteiger charge is 2.43. The Morgan fingerprint density at radius 3 is 2.63 bits per heavy atom. The highest BCUT2D eigenvalue weighted by Crippen LogP contribution is 2.25. The molecule has 0 radical (unpaired) electrons. The van der Waals surface area contributed by atoms with Crippen LogP contribution in [0, 0.1) is 0 Å². The zero-order chi connectivity index (χ0) is 13.6. The molecule has 0 spiro atoms. The van der Waals surface area contributed by atoms with Crippen LogP contribution in [0.4, 0.5) is 4.79 Å². The molecule has 4 amide bonds. The van der Waals surface area contributed by atoms with E-state index in [-0.39, 0.29) is 12.5 Å². The number of amides is 4. The smallest absolute Gasteiger partial charge is 0.323 e. The van der Waals surface area contributed by atoms with Crippen LogP contribution in [0.5, 0.6) is 0 Å². The van der Waals surface area contributed by atoms with Crippen molar-refractivity contribution in [2.24, 2.45) is 0 Å². The molecule has 1 fully saturated rings. The van der Waals surface area contributed by atoms with Gasteiger partial charge in [0.15, 0.2) is 12.3 Å². The first kappa shape index (κ1) is 11.7. The number of carbonyl (C=O) groups excluding carboxylic acids is 3. The third-order valence-corrected chi connectivity index (χ3v) is 3.27. The molecule has 7 heteroatoms. The summed E-state index contributed by atoms with van der Waals surface area (Å²) in [6, 6.07) is 5.12. The Balaban J connectivity index is 1.91. The van der Waals surface area contributed by atoms with Gasteiger partial charge in [0.2, 0.25) is 0 Å². The van der Waals surface area contributed by atoms with E-state index in [1.165, 1.54) is 4.90 Å². The molecule has 2 atom stereocenters. The fourth-order valence-electron chi connectivity index (χ4n) is 2.39. The Morgan fingerprint density at radius 2 is 1.95 bits per heavy atom. The summed E-state index contributed by atoms with van der Waals surface area (Å²) in [5, 5.41) is 14.0. The molecule has 1 aromatic carbocycles. The molecular formula is C12H11N3O4. The van der Waals surface area contributed by atoms with Crippen LogP contribution in [-0.4, -0.2) is 40.1 Å². The van der Waals surface area contributed by atoms with Crippen LogP contribution in [0.15, 0.2) is 24.3 Å². The summed E-state index contributed by atoms with van der Waals surface area (Å²) >= 11 is 0. The molecule has 0 aliphatic carbocycles. The van der Waals surface area contributed by atoms with Crippen LogP contribution in [0.1, 0.15) is 15.9 Å². The van der Waals surface area contributed by atoms with E-state index >= 15 is 0 Å². The van der Waals surface area contributed by atoms with E-state index in [1.54, 1.807) is 24.3 Å². The van der Waals surface area contributed by atoms with Crippen molar-refractivity contribution in [3.05, 3.63) is 35.4 Å². The van der Waals surface area contributed by atoms with Crippen LogP contribution in [0.3, 0.4) is 0 Å². The fraction of sp³-hybridized carbons (Fsp3) is 0.250. The minimum absolute atomic E-state index is 0.236. The third-order valence-electron chi connectivity index (χ3n) is 3.27. The topological polar surface area (TPSA) is 98.7 Å². The van der Waals surface area contributed by atoms with Gasteiger partial charge in [0, 0.05) is 12.1 Å². The first-order chi connectivity index (χ1) is 9.08. The first-order valence-corrected chi connectivity index (χ1v) is 5.76. The number of hydrogen-bond acceptors (Lipinski definition) is 4. The molecule has 19 heavy (non-hydrogen) atoms. The fourth-order valence-corrected chi connectivity index (χ4v) is 2.39. The lowest BCUT2D eigenvalue weighted by Gasteiger charge is -2.33. The lowest BCUT2D eigenvalue weighted by Crippen LogP contribution is -2.66. The molecule has 2 heterocycles. The predicted molar refractivity (Wildman–Crippen MR) is 62.8 cm³/mol. The Labute approximate surface area is 108 Å². The molecule has 2 aliphatic heterocycles. The predicted octanol–water partition coefficient (Wildman–Crippen LogP) is -0.831. The van der Waals surface area contributed by atoms with Gasteiger partial charge in [-0.3, -0.25) is 14.9 Å². The Hall–Kier alpha value is -2.41. The van der Waals surface area contributed by atoms with Crippen LogP contribution in [0.2, 0.25) is 0 Å². The maximum Gasteiger partial charge on any atom is 0.323 e.